The molecule has 9 aromatic rings. The molecule has 60 heavy (non-hydrogen) atoms. The number of benzene rings is 9. The van der Waals surface area contributed by atoms with Gasteiger partial charge < -0.3 is 4.90 Å². The van der Waals surface area contributed by atoms with E-state index in [1.165, 1.54) is 121 Å². The van der Waals surface area contributed by atoms with Gasteiger partial charge in [-0.25, -0.2) is 0 Å². The Kier molecular flexibility index (Phi) is 9.00. The van der Waals surface area contributed by atoms with Crippen LogP contribution < -0.4 is 4.90 Å². The van der Waals surface area contributed by atoms with Crippen LogP contribution in [0.25, 0.3) is 66.1 Å². The minimum Gasteiger partial charge on any atom is -0.310 e. The lowest BCUT2D eigenvalue weighted by atomic mass is 9.80. The lowest BCUT2D eigenvalue weighted by Crippen LogP contribution is -2.14. The average molecular weight is 772 g/mol. The van der Waals surface area contributed by atoms with E-state index in [4.69, 9.17) is 0 Å². The van der Waals surface area contributed by atoms with E-state index < -0.39 is 0 Å². The van der Waals surface area contributed by atoms with Crippen molar-refractivity contribution < 1.29 is 0 Å². The highest BCUT2D eigenvalue weighted by Gasteiger charge is 2.35. The third kappa shape index (κ3) is 6.23. The van der Waals surface area contributed by atoms with Crippen molar-refractivity contribution >= 4 is 38.6 Å². The molecule has 11 rings (SSSR count). The van der Waals surface area contributed by atoms with Crippen molar-refractivity contribution in [2.75, 3.05) is 4.90 Å². The Balaban J connectivity index is 1.03. The van der Waals surface area contributed by atoms with E-state index in [2.05, 4.69) is 213 Å². The lowest BCUT2D eigenvalue weighted by Gasteiger charge is -2.29. The standard InChI is InChI=1S/C59H49N/c1-59(2)55-24-10-8-20-51(55)52-37-32-47(39-56(52)59)42-30-35-49(36-31-42)60(48-33-28-41(29-34-48)46-27-26-40-14-6-7-17-45(40)38-46)57-25-11-9-21-53(57)54-23-13-19-44-18-12-22-50(58(44)54)43-15-4-3-5-16-43/h6-14,17-39,43H,3-5,15-16H2,1-2H3. The Labute approximate surface area is 354 Å². The van der Waals surface area contributed by atoms with Crippen molar-refractivity contribution in [2.45, 2.75) is 57.3 Å². The van der Waals surface area contributed by atoms with Crippen molar-refractivity contribution in [3.8, 4) is 44.5 Å². The molecule has 0 spiro atoms. The molecule has 0 N–H and O–H groups in total. The topological polar surface area (TPSA) is 3.24 Å². The molecule has 1 nitrogen and oxygen atoms in total. The second-order valence-electron chi connectivity index (χ2n) is 17.5. The maximum Gasteiger partial charge on any atom is 0.0540 e. The smallest absolute Gasteiger partial charge is 0.0540 e. The first-order chi connectivity index (χ1) is 29.5. The molecule has 0 radical (unpaired) electrons. The van der Waals surface area contributed by atoms with Crippen LogP contribution in [-0.4, -0.2) is 0 Å². The van der Waals surface area contributed by atoms with Gasteiger partial charge in [0.25, 0.3) is 0 Å². The first-order valence-corrected chi connectivity index (χ1v) is 21.9. The van der Waals surface area contributed by atoms with Crippen LogP contribution in [0.4, 0.5) is 17.1 Å². The molecule has 1 fully saturated rings. The van der Waals surface area contributed by atoms with Crippen molar-refractivity contribution in [1.29, 1.82) is 0 Å². The maximum absolute atomic E-state index is 2.47. The second kappa shape index (κ2) is 14.8. The zero-order valence-electron chi connectivity index (χ0n) is 34.5. The fraction of sp³-hybridized carbons (Fsp3) is 0.153. The highest BCUT2D eigenvalue weighted by molar-refractivity contribution is 6.03. The van der Waals surface area contributed by atoms with E-state index in [9.17, 15) is 0 Å². The van der Waals surface area contributed by atoms with Crippen LogP contribution >= 0.6 is 0 Å². The largest absolute Gasteiger partial charge is 0.310 e. The summed E-state index contributed by atoms with van der Waals surface area (Å²) < 4.78 is 0. The highest BCUT2D eigenvalue weighted by atomic mass is 15.1. The molecule has 0 heterocycles. The Morgan fingerprint density at radius 3 is 1.70 bits per heavy atom. The molecule has 9 aromatic carbocycles. The van der Waals surface area contributed by atoms with Crippen molar-refractivity contribution in [3.63, 3.8) is 0 Å². The van der Waals surface area contributed by atoms with E-state index >= 15 is 0 Å². The van der Waals surface area contributed by atoms with Crippen LogP contribution in [0.5, 0.6) is 0 Å². The Hall–Kier alpha value is -6.70. The highest BCUT2D eigenvalue weighted by Crippen LogP contribution is 2.50. The SMILES string of the molecule is CC1(C)c2ccccc2-c2ccc(-c3ccc(N(c4ccc(-c5ccc6ccccc6c5)cc4)c4ccccc4-c4cccc5cccc(C6CCCCC6)c45)cc3)cc21. The second-order valence-corrected chi connectivity index (χ2v) is 17.5. The molecule has 0 atom stereocenters. The van der Waals surface area contributed by atoms with E-state index in [0.717, 1.165) is 11.4 Å². The molecule has 2 aliphatic rings. The molecule has 0 saturated heterocycles. The minimum absolute atomic E-state index is 0.0418. The van der Waals surface area contributed by atoms with E-state index in [1.54, 1.807) is 0 Å². The molecule has 1 heteroatoms. The van der Waals surface area contributed by atoms with Crippen LogP contribution in [0.3, 0.4) is 0 Å². The molecule has 0 bridgehead atoms. The lowest BCUT2D eigenvalue weighted by molar-refractivity contribution is 0.445. The Bertz CT molecular complexity index is 3030. The first-order valence-electron chi connectivity index (χ1n) is 21.9. The zero-order valence-corrected chi connectivity index (χ0v) is 34.5. The monoisotopic (exact) mass is 771 g/mol. The third-order valence-corrected chi connectivity index (χ3v) is 13.7. The van der Waals surface area contributed by atoms with Gasteiger partial charge >= 0.3 is 0 Å². The van der Waals surface area contributed by atoms with Crippen LogP contribution in [-0.2, 0) is 5.41 Å². The van der Waals surface area contributed by atoms with Crippen molar-refractivity contribution in [1.82, 2.24) is 0 Å². The summed E-state index contributed by atoms with van der Waals surface area (Å²) in [5.41, 5.74) is 17.9. The molecular formula is C59H49N. The van der Waals surface area contributed by atoms with Crippen molar-refractivity contribution in [3.05, 3.63) is 211 Å². The van der Waals surface area contributed by atoms with E-state index in [-0.39, 0.29) is 5.41 Å². The molecule has 2 aliphatic carbocycles. The van der Waals surface area contributed by atoms with Crippen LogP contribution in [0, 0.1) is 0 Å². The summed E-state index contributed by atoms with van der Waals surface area (Å²) in [4.78, 5) is 2.47. The summed E-state index contributed by atoms with van der Waals surface area (Å²) in [5, 5.41) is 5.25. The molecule has 0 unspecified atom stereocenters. The van der Waals surface area contributed by atoms with Crippen LogP contribution in [0.2, 0.25) is 0 Å². The summed E-state index contributed by atoms with van der Waals surface area (Å²) in [6.45, 7) is 4.72. The predicted molar refractivity (Wildman–Crippen MR) is 256 cm³/mol. The van der Waals surface area contributed by atoms with Gasteiger partial charge in [-0.15, -0.1) is 0 Å². The van der Waals surface area contributed by atoms with Gasteiger partial charge in [0, 0.05) is 22.4 Å². The number of hydrogen-bond donors (Lipinski definition) is 0. The van der Waals surface area contributed by atoms with Gasteiger partial charge in [0.1, 0.15) is 0 Å². The molecule has 0 aromatic heterocycles. The fourth-order valence-electron chi connectivity index (χ4n) is 10.5. The Morgan fingerprint density at radius 1 is 0.400 bits per heavy atom. The molecule has 0 amide bonds. The first kappa shape index (κ1) is 36.4. The molecule has 0 aliphatic heterocycles. The normalized spacial score (nSPS) is 14.6. The number of hydrogen-bond acceptors (Lipinski definition) is 1. The summed E-state index contributed by atoms with van der Waals surface area (Å²) in [6.07, 6.45) is 6.52. The van der Waals surface area contributed by atoms with E-state index in [1.807, 2.05) is 0 Å². The third-order valence-electron chi connectivity index (χ3n) is 13.7. The van der Waals surface area contributed by atoms with Crippen LogP contribution in [0.1, 0.15) is 68.6 Å². The van der Waals surface area contributed by atoms with Gasteiger partial charge in [-0.2, -0.15) is 0 Å². The zero-order chi connectivity index (χ0) is 40.2. The van der Waals surface area contributed by atoms with Crippen LogP contribution in [0.15, 0.2) is 194 Å². The van der Waals surface area contributed by atoms with Gasteiger partial charge in [-0.05, 0) is 138 Å². The van der Waals surface area contributed by atoms with Gasteiger partial charge in [-0.3, -0.25) is 0 Å². The maximum atomic E-state index is 2.47. The molecule has 1 saturated carbocycles. The Morgan fingerprint density at radius 2 is 0.950 bits per heavy atom. The average Bonchev–Trinajstić information content (AvgIpc) is 3.54. The predicted octanol–water partition coefficient (Wildman–Crippen LogP) is 16.8. The van der Waals surface area contributed by atoms with Gasteiger partial charge in [0.05, 0.1) is 5.69 Å². The molecular weight excluding hydrogens is 723 g/mol. The summed E-state index contributed by atoms with van der Waals surface area (Å²) in [6, 6.07) is 72.7. The number of para-hydroxylation sites is 1. The number of nitrogens with zero attached hydrogens (tertiary/aromatic N) is 1. The van der Waals surface area contributed by atoms with Gasteiger partial charge in [0.15, 0.2) is 0 Å². The fourth-order valence-corrected chi connectivity index (χ4v) is 10.5. The number of anilines is 3. The summed E-state index contributed by atoms with van der Waals surface area (Å²) in [7, 11) is 0. The van der Waals surface area contributed by atoms with E-state index in [0.29, 0.717) is 5.92 Å². The summed E-state index contributed by atoms with van der Waals surface area (Å²) in [5.74, 6) is 0.598. The number of rotatable bonds is 7. The number of fused-ring (bicyclic) bond motifs is 5. The van der Waals surface area contributed by atoms with Gasteiger partial charge in [-0.1, -0.05) is 185 Å². The van der Waals surface area contributed by atoms with Crippen molar-refractivity contribution in [2.24, 2.45) is 0 Å². The quantitative estimate of drug-likeness (QED) is 0.156. The van der Waals surface area contributed by atoms with Gasteiger partial charge in [0.2, 0.25) is 0 Å². The minimum atomic E-state index is -0.0418. The summed E-state index contributed by atoms with van der Waals surface area (Å²) >= 11 is 0. The molecule has 290 valence electrons.